The largest absolute Gasteiger partial charge is 0.496 e. The van der Waals surface area contributed by atoms with Crippen molar-refractivity contribution >= 4 is 15.9 Å². The zero-order chi connectivity index (χ0) is 22.1. The summed E-state index contributed by atoms with van der Waals surface area (Å²) in [5.74, 6) is 0.119. The molecular weight excluding hydrogens is 460 g/mol. The maximum absolute atomic E-state index is 13.7. The highest BCUT2D eigenvalue weighted by molar-refractivity contribution is 9.10. The van der Waals surface area contributed by atoms with Gasteiger partial charge in [-0.25, -0.2) is 0 Å². The van der Waals surface area contributed by atoms with Crippen molar-refractivity contribution in [2.75, 3.05) is 7.11 Å². The number of nitrogens with zero attached hydrogens (tertiary/aromatic N) is 3. The molecular formula is C23H19BrN4O3. The number of rotatable bonds is 4. The molecule has 156 valence electrons. The number of fused-ring (bicyclic) bond motifs is 1. The zero-order valence-electron chi connectivity index (χ0n) is 16.9. The molecule has 0 fully saturated rings. The van der Waals surface area contributed by atoms with E-state index >= 15 is 0 Å². The summed E-state index contributed by atoms with van der Waals surface area (Å²) < 4.78 is 13.7. The number of aryl methyl sites for hydroxylation is 1. The van der Waals surface area contributed by atoms with Crippen LogP contribution in [0.4, 0.5) is 0 Å². The predicted molar refractivity (Wildman–Crippen MR) is 119 cm³/mol. The molecule has 2 aromatic heterocycles. The van der Waals surface area contributed by atoms with Gasteiger partial charge in [-0.3, -0.25) is 9.78 Å². The SMILES string of the molecule is COc1ccc(Br)cc1[C@H]1C(C#N)=C(N)Oc2cc(C)n(Cc3ccccn3)c(=O)c21. The Morgan fingerprint density at radius 1 is 1.32 bits per heavy atom. The lowest BCUT2D eigenvalue weighted by Gasteiger charge is -2.28. The van der Waals surface area contributed by atoms with Gasteiger partial charge in [0.1, 0.15) is 23.1 Å². The number of hydrogen-bond acceptors (Lipinski definition) is 6. The first-order chi connectivity index (χ1) is 14.9. The van der Waals surface area contributed by atoms with Gasteiger partial charge in [-0.15, -0.1) is 0 Å². The van der Waals surface area contributed by atoms with Crippen LogP contribution in [0, 0.1) is 18.3 Å². The molecule has 8 heteroatoms. The topological polar surface area (TPSA) is 103 Å². The normalized spacial score (nSPS) is 15.1. The average molecular weight is 479 g/mol. The average Bonchev–Trinajstić information content (AvgIpc) is 2.76. The third kappa shape index (κ3) is 3.68. The monoisotopic (exact) mass is 478 g/mol. The fraction of sp³-hybridized carbons (Fsp3) is 0.174. The summed E-state index contributed by atoms with van der Waals surface area (Å²) in [5.41, 5.74) is 8.40. The second-order valence-electron chi connectivity index (χ2n) is 7.09. The number of hydrogen-bond donors (Lipinski definition) is 1. The molecule has 1 atom stereocenters. The van der Waals surface area contributed by atoms with Crippen LogP contribution in [0.25, 0.3) is 0 Å². The molecule has 0 saturated heterocycles. The van der Waals surface area contributed by atoms with Crippen LogP contribution in [0.1, 0.15) is 28.4 Å². The van der Waals surface area contributed by atoms with Gasteiger partial charge in [0, 0.05) is 28.0 Å². The molecule has 0 unspecified atom stereocenters. The van der Waals surface area contributed by atoms with Crippen LogP contribution >= 0.6 is 15.9 Å². The minimum absolute atomic E-state index is 0.0247. The van der Waals surface area contributed by atoms with Crippen molar-refractivity contribution in [2.45, 2.75) is 19.4 Å². The molecule has 3 aromatic rings. The molecule has 0 amide bonds. The van der Waals surface area contributed by atoms with Gasteiger partial charge in [0.25, 0.3) is 5.56 Å². The summed E-state index contributed by atoms with van der Waals surface area (Å²) in [6, 6.07) is 14.9. The van der Waals surface area contributed by atoms with Crippen molar-refractivity contribution in [3.63, 3.8) is 0 Å². The van der Waals surface area contributed by atoms with E-state index in [2.05, 4.69) is 27.0 Å². The second kappa shape index (κ2) is 8.28. The summed E-state index contributed by atoms with van der Waals surface area (Å²) in [6.07, 6.45) is 1.68. The number of benzene rings is 1. The van der Waals surface area contributed by atoms with E-state index in [0.29, 0.717) is 34.9 Å². The predicted octanol–water partition coefficient (Wildman–Crippen LogP) is 3.59. The number of nitrogens with two attached hydrogens (primary N) is 1. The summed E-state index contributed by atoms with van der Waals surface area (Å²) in [4.78, 5) is 18.0. The number of nitriles is 1. The van der Waals surface area contributed by atoms with E-state index in [0.717, 1.165) is 10.2 Å². The van der Waals surface area contributed by atoms with Crippen LogP contribution in [0.3, 0.4) is 0 Å². The van der Waals surface area contributed by atoms with Crippen LogP contribution in [0.2, 0.25) is 0 Å². The number of aromatic nitrogens is 2. The number of ether oxygens (including phenoxy) is 2. The van der Waals surface area contributed by atoms with Crippen LogP contribution < -0.4 is 20.8 Å². The molecule has 4 rings (SSSR count). The molecule has 0 aliphatic carbocycles. The maximum Gasteiger partial charge on any atom is 0.259 e. The molecule has 0 spiro atoms. The number of methoxy groups -OCH3 is 1. The molecule has 1 aliphatic rings. The van der Waals surface area contributed by atoms with Crippen molar-refractivity contribution in [3.05, 3.63) is 97.5 Å². The van der Waals surface area contributed by atoms with E-state index in [9.17, 15) is 10.1 Å². The molecule has 0 radical (unpaired) electrons. The van der Waals surface area contributed by atoms with Crippen LogP contribution in [-0.4, -0.2) is 16.7 Å². The van der Waals surface area contributed by atoms with E-state index in [-0.39, 0.29) is 17.0 Å². The maximum atomic E-state index is 13.7. The fourth-order valence-electron chi connectivity index (χ4n) is 3.78. The Kier molecular flexibility index (Phi) is 5.53. The van der Waals surface area contributed by atoms with Crippen molar-refractivity contribution < 1.29 is 9.47 Å². The van der Waals surface area contributed by atoms with Crippen LogP contribution in [-0.2, 0) is 6.54 Å². The van der Waals surface area contributed by atoms with Crippen molar-refractivity contribution in [2.24, 2.45) is 5.73 Å². The Labute approximate surface area is 187 Å². The summed E-state index contributed by atoms with van der Waals surface area (Å²) >= 11 is 3.47. The molecule has 3 heterocycles. The van der Waals surface area contributed by atoms with Gasteiger partial charge in [0.15, 0.2) is 0 Å². The van der Waals surface area contributed by atoms with E-state index in [1.165, 1.54) is 0 Å². The zero-order valence-corrected chi connectivity index (χ0v) is 18.5. The van der Waals surface area contributed by atoms with Gasteiger partial charge >= 0.3 is 0 Å². The van der Waals surface area contributed by atoms with Crippen LogP contribution in [0.5, 0.6) is 11.5 Å². The Balaban J connectivity index is 1.98. The highest BCUT2D eigenvalue weighted by Crippen LogP contribution is 2.44. The Bertz CT molecular complexity index is 1290. The number of halogens is 1. The molecule has 0 saturated carbocycles. The standard InChI is InChI=1S/C23H19BrN4O3/c1-13-9-19-21(23(29)28(13)12-15-5-3-4-8-27-15)20(17(11-25)22(26)31-19)16-10-14(24)6-7-18(16)30-2/h3-10,20H,12,26H2,1-2H3/t20-/m0/s1. The van der Waals surface area contributed by atoms with Gasteiger partial charge in [-0.1, -0.05) is 22.0 Å². The fourth-order valence-corrected chi connectivity index (χ4v) is 4.16. The summed E-state index contributed by atoms with van der Waals surface area (Å²) in [5, 5.41) is 9.86. The van der Waals surface area contributed by atoms with Crippen LogP contribution in [0.15, 0.2) is 69.4 Å². The minimum atomic E-state index is -0.732. The van der Waals surface area contributed by atoms with Crippen molar-refractivity contribution in [1.82, 2.24) is 9.55 Å². The lowest BCUT2D eigenvalue weighted by Crippen LogP contribution is -2.33. The first kappa shape index (κ1) is 20.7. The van der Waals surface area contributed by atoms with Gasteiger partial charge in [-0.2, -0.15) is 5.26 Å². The van der Waals surface area contributed by atoms with Gasteiger partial charge in [0.05, 0.1) is 30.8 Å². The number of allylic oxidation sites excluding steroid dienone is 1. The first-order valence-corrected chi connectivity index (χ1v) is 10.3. The molecule has 7 nitrogen and oxygen atoms in total. The van der Waals surface area contributed by atoms with E-state index in [1.807, 2.05) is 37.3 Å². The lowest BCUT2D eigenvalue weighted by molar-refractivity contribution is 0.382. The second-order valence-corrected chi connectivity index (χ2v) is 8.00. The van der Waals surface area contributed by atoms with Gasteiger partial charge in [-0.05, 0) is 37.3 Å². The molecule has 1 aromatic carbocycles. The quantitative estimate of drug-likeness (QED) is 0.614. The van der Waals surface area contributed by atoms with E-state index in [4.69, 9.17) is 15.2 Å². The minimum Gasteiger partial charge on any atom is -0.496 e. The molecule has 1 aliphatic heterocycles. The molecule has 0 bridgehead atoms. The summed E-state index contributed by atoms with van der Waals surface area (Å²) in [7, 11) is 1.54. The Hall–Kier alpha value is -3.57. The van der Waals surface area contributed by atoms with Crippen molar-refractivity contribution in [3.8, 4) is 17.6 Å². The summed E-state index contributed by atoms with van der Waals surface area (Å²) in [6.45, 7) is 2.12. The number of pyridine rings is 2. The third-order valence-corrected chi connectivity index (χ3v) is 5.73. The Morgan fingerprint density at radius 2 is 2.13 bits per heavy atom. The third-order valence-electron chi connectivity index (χ3n) is 5.24. The highest BCUT2D eigenvalue weighted by atomic mass is 79.9. The van der Waals surface area contributed by atoms with E-state index < -0.39 is 5.92 Å². The van der Waals surface area contributed by atoms with Gasteiger partial charge in [0.2, 0.25) is 5.88 Å². The smallest absolute Gasteiger partial charge is 0.259 e. The highest BCUT2D eigenvalue weighted by Gasteiger charge is 2.36. The first-order valence-electron chi connectivity index (χ1n) is 9.49. The Morgan fingerprint density at radius 3 is 2.81 bits per heavy atom. The van der Waals surface area contributed by atoms with Crippen molar-refractivity contribution in [1.29, 1.82) is 5.26 Å². The molecule has 31 heavy (non-hydrogen) atoms. The van der Waals surface area contributed by atoms with Gasteiger partial charge < -0.3 is 19.8 Å². The molecule has 2 N–H and O–H groups in total. The lowest BCUT2D eigenvalue weighted by atomic mass is 9.83. The van der Waals surface area contributed by atoms with E-state index in [1.54, 1.807) is 30.0 Å².